The Morgan fingerprint density at radius 3 is 1.83 bits per heavy atom. The minimum atomic E-state index is 0.138. The largest absolute Gasteiger partial charge is 0.361 e. The minimum Gasteiger partial charge on any atom is -0.361 e. The Hall–Kier alpha value is -0.990. The van der Waals surface area contributed by atoms with Gasteiger partial charge in [-0.2, -0.15) is 4.99 Å². The maximum atomic E-state index is 5.23. The highest BCUT2D eigenvalue weighted by Gasteiger charge is 2.35. The molecule has 1 aliphatic rings. The molecule has 0 fully saturated rings. The standard InChI is InChI=1S/C20H38N2O/c1-5-8-9-10-11-12-13-14-15-16-17-20(6-2,7-3)19-21-18(4)23-22-19/h4-17H2,1-3H3,(H,21,22). The van der Waals surface area contributed by atoms with E-state index in [9.17, 15) is 0 Å². The zero-order valence-electron chi connectivity index (χ0n) is 15.8. The smallest absolute Gasteiger partial charge is 0.240 e. The molecule has 0 saturated carbocycles. The molecule has 0 amide bonds. The number of hydrogen-bond acceptors (Lipinski definition) is 3. The van der Waals surface area contributed by atoms with Crippen LogP contribution in [-0.2, 0) is 4.84 Å². The lowest BCUT2D eigenvalue weighted by Crippen LogP contribution is -2.37. The summed E-state index contributed by atoms with van der Waals surface area (Å²) in [7, 11) is 0. The van der Waals surface area contributed by atoms with E-state index >= 15 is 0 Å². The lowest BCUT2D eigenvalue weighted by atomic mass is 9.76. The molecule has 1 aliphatic heterocycles. The number of nitrogens with zero attached hydrogens (tertiary/aromatic N) is 1. The van der Waals surface area contributed by atoms with E-state index in [1.807, 2.05) is 0 Å². The van der Waals surface area contributed by atoms with Crippen LogP contribution in [0.25, 0.3) is 0 Å². The third-order valence-corrected chi connectivity index (χ3v) is 5.37. The van der Waals surface area contributed by atoms with Gasteiger partial charge in [0, 0.05) is 5.41 Å². The number of amidine groups is 1. The topological polar surface area (TPSA) is 33.6 Å². The second-order valence-electron chi connectivity index (χ2n) is 6.98. The number of nitrogens with one attached hydrogen (secondary N) is 1. The van der Waals surface area contributed by atoms with Crippen molar-refractivity contribution in [2.75, 3.05) is 0 Å². The lowest BCUT2D eigenvalue weighted by molar-refractivity contribution is 0.167. The number of hydrogen-bond donors (Lipinski definition) is 1. The normalized spacial score (nSPS) is 14.6. The lowest BCUT2D eigenvalue weighted by Gasteiger charge is -2.30. The first-order chi connectivity index (χ1) is 11.2. The van der Waals surface area contributed by atoms with E-state index in [0.29, 0.717) is 5.88 Å². The van der Waals surface area contributed by atoms with E-state index < -0.39 is 0 Å². The number of unbranched alkanes of at least 4 members (excludes halogenated alkanes) is 9. The van der Waals surface area contributed by atoms with E-state index in [2.05, 4.69) is 37.8 Å². The summed E-state index contributed by atoms with van der Waals surface area (Å²) in [5, 5.41) is 0. The number of aliphatic imine (C=N–C) groups is 1. The first-order valence-electron chi connectivity index (χ1n) is 9.89. The summed E-state index contributed by atoms with van der Waals surface area (Å²) >= 11 is 0. The van der Waals surface area contributed by atoms with Crippen molar-refractivity contribution in [1.29, 1.82) is 0 Å². The van der Waals surface area contributed by atoms with Crippen LogP contribution in [0.5, 0.6) is 0 Å². The molecule has 1 N–H and O–H groups in total. The average molecular weight is 323 g/mol. The summed E-state index contributed by atoms with van der Waals surface area (Å²) < 4.78 is 0. The fourth-order valence-electron chi connectivity index (χ4n) is 3.51. The van der Waals surface area contributed by atoms with E-state index in [0.717, 1.165) is 18.7 Å². The van der Waals surface area contributed by atoms with Gasteiger partial charge < -0.3 is 4.84 Å². The molecule has 0 saturated heterocycles. The van der Waals surface area contributed by atoms with Gasteiger partial charge in [-0.3, -0.25) is 0 Å². The summed E-state index contributed by atoms with van der Waals surface area (Å²) in [4.78, 5) is 9.68. The first-order valence-corrected chi connectivity index (χ1v) is 9.89. The highest BCUT2D eigenvalue weighted by molar-refractivity contribution is 5.89. The molecule has 0 atom stereocenters. The second kappa shape index (κ2) is 11.5. The zero-order chi connectivity index (χ0) is 17.0. The third kappa shape index (κ3) is 6.97. The summed E-state index contributed by atoms with van der Waals surface area (Å²) in [5.41, 5.74) is 3.12. The van der Waals surface area contributed by atoms with Crippen molar-refractivity contribution in [1.82, 2.24) is 5.48 Å². The number of rotatable bonds is 14. The molecule has 0 aromatic heterocycles. The Balaban J connectivity index is 2.17. The maximum absolute atomic E-state index is 5.23. The van der Waals surface area contributed by atoms with Crippen LogP contribution in [0.15, 0.2) is 17.5 Å². The van der Waals surface area contributed by atoms with Crippen molar-refractivity contribution in [3.8, 4) is 0 Å². The molecule has 0 aromatic rings. The van der Waals surface area contributed by atoms with Crippen molar-refractivity contribution >= 4 is 5.84 Å². The van der Waals surface area contributed by atoms with Crippen LogP contribution in [0, 0.1) is 5.41 Å². The quantitative estimate of drug-likeness (QED) is 0.370. The van der Waals surface area contributed by atoms with Gasteiger partial charge >= 0.3 is 0 Å². The van der Waals surface area contributed by atoms with Crippen LogP contribution in [0.4, 0.5) is 0 Å². The molecule has 0 bridgehead atoms. The van der Waals surface area contributed by atoms with Crippen LogP contribution in [0.2, 0.25) is 0 Å². The highest BCUT2D eigenvalue weighted by Crippen LogP contribution is 2.35. The molecule has 0 spiro atoms. The van der Waals surface area contributed by atoms with Gasteiger partial charge in [-0.25, -0.2) is 5.48 Å². The van der Waals surface area contributed by atoms with Gasteiger partial charge in [-0.15, -0.1) is 0 Å². The molecule has 0 radical (unpaired) electrons. The summed E-state index contributed by atoms with van der Waals surface area (Å²) in [6, 6.07) is 0. The molecule has 3 heteroatoms. The predicted octanol–water partition coefficient (Wildman–Crippen LogP) is 6.51. The van der Waals surface area contributed by atoms with Gasteiger partial charge in [0.15, 0.2) is 0 Å². The van der Waals surface area contributed by atoms with E-state index in [1.165, 1.54) is 70.6 Å². The predicted molar refractivity (Wildman–Crippen MR) is 100 cm³/mol. The molecule has 0 unspecified atom stereocenters. The second-order valence-corrected chi connectivity index (χ2v) is 6.98. The van der Waals surface area contributed by atoms with Crippen LogP contribution in [-0.4, -0.2) is 5.84 Å². The Labute approximate surface area is 143 Å². The average Bonchev–Trinajstić information content (AvgIpc) is 3.00. The Morgan fingerprint density at radius 1 is 0.870 bits per heavy atom. The van der Waals surface area contributed by atoms with Crippen molar-refractivity contribution in [3.63, 3.8) is 0 Å². The van der Waals surface area contributed by atoms with Crippen molar-refractivity contribution in [2.24, 2.45) is 10.4 Å². The maximum Gasteiger partial charge on any atom is 0.240 e. The summed E-state index contributed by atoms with van der Waals surface area (Å²) in [5.74, 6) is 1.48. The summed E-state index contributed by atoms with van der Waals surface area (Å²) in [6.07, 6.45) is 17.2. The van der Waals surface area contributed by atoms with Gasteiger partial charge in [-0.1, -0.05) is 85.0 Å². The molecular formula is C20H38N2O. The Bertz CT molecular complexity index is 359. The zero-order valence-corrected chi connectivity index (χ0v) is 15.8. The van der Waals surface area contributed by atoms with Gasteiger partial charge in [0.1, 0.15) is 5.84 Å². The fraction of sp³-hybridized carbons (Fsp3) is 0.850. The SMILES string of the molecule is C=C1N=C(C(CC)(CC)CCCCCCCCCCCC)NO1. The third-order valence-electron chi connectivity index (χ3n) is 5.37. The first kappa shape index (κ1) is 20.1. The van der Waals surface area contributed by atoms with Gasteiger partial charge in [0.05, 0.1) is 0 Å². The Morgan fingerprint density at radius 2 is 1.39 bits per heavy atom. The minimum absolute atomic E-state index is 0.138. The van der Waals surface area contributed by atoms with E-state index in [1.54, 1.807) is 0 Å². The molecular weight excluding hydrogens is 284 g/mol. The van der Waals surface area contributed by atoms with E-state index in [-0.39, 0.29) is 5.41 Å². The van der Waals surface area contributed by atoms with Gasteiger partial charge in [0.2, 0.25) is 5.88 Å². The van der Waals surface area contributed by atoms with Crippen LogP contribution in [0.3, 0.4) is 0 Å². The van der Waals surface area contributed by atoms with Crippen LogP contribution in [0.1, 0.15) is 104 Å². The molecule has 0 aliphatic carbocycles. The van der Waals surface area contributed by atoms with Gasteiger partial charge in [-0.05, 0) is 25.8 Å². The van der Waals surface area contributed by atoms with Crippen LogP contribution < -0.4 is 5.48 Å². The highest BCUT2D eigenvalue weighted by atomic mass is 16.7. The molecule has 134 valence electrons. The summed E-state index contributed by atoms with van der Waals surface area (Å²) in [6.45, 7) is 10.6. The van der Waals surface area contributed by atoms with E-state index in [4.69, 9.17) is 4.84 Å². The molecule has 0 aromatic carbocycles. The monoisotopic (exact) mass is 322 g/mol. The number of hydroxylamine groups is 1. The molecule has 1 heterocycles. The van der Waals surface area contributed by atoms with Crippen molar-refractivity contribution < 1.29 is 4.84 Å². The van der Waals surface area contributed by atoms with Gasteiger partial charge in [0.25, 0.3) is 0 Å². The van der Waals surface area contributed by atoms with Crippen molar-refractivity contribution in [2.45, 2.75) is 104 Å². The molecule has 1 rings (SSSR count). The van der Waals surface area contributed by atoms with Crippen molar-refractivity contribution in [3.05, 3.63) is 12.5 Å². The van der Waals surface area contributed by atoms with Crippen LogP contribution >= 0.6 is 0 Å². The molecule has 3 nitrogen and oxygen atoms in total. The Kier molecular flexibility index (Phi) is 10.1. The fourth-order valence-corrected chi connectivity index (χ4v) is 3.51. The molecule has 23 heavy (non-hydrogen) atoms.